The largest absolute Gasteiger partial charge is 0.480 e. The third-order valence-corrected chi connectivity index (χ3v) is 3.28. The molecule has 102 valence electrons. The molecule has 0 spiro atoms. The van der Waals surface area contributed by atoms with E-state index in [-0.39, 0.29) is 18.5 Å². The molecule has 5 nitrogen and oxygen atoms in total. The van der Waals surface area contributed by atoms with E-state index in [1.165, 1.54) is 4.90 Å². The molecule has 1 fully saturated rings. The van der Waals surface area contributed by atoms with Crippen molar-refractivity contribution in [1.82, 2.24) is 4.90 Å². The highest BCUT2D eigenvalue weighted by Crippen LogP contribution is 2.28. The van der Waals surface area contributed by atoms with E-state index in [1.807, 2.05) is 31.2 Å². The summed E-state index contributed by atoms with van der Waals surface area (Å²) in [7, 11) is 0. The summed E-state index contributed by atoms with van der Waals surface area (Å²) in [5.74, 6) is -1.31. The van der Waals surface area contributed by atoms with Crippen LogP contribution in [0.3, 0.4) is 0 Å². The number of hydrogen-bond donors (Lipinski definition) is 2. The van der Waals surface area contributed by atoms with Crippen molar-refractivity contribution in [1.29, 1.82) is 0 Å². The summed E-state index contributed by atoms with van der Waals surface area (Å²) in [5.41, 5.74) is 7.75. The summed E-state index contributed by atoms with van der Waals surface area (Å²) in [6, 6.07) is 6.65. The second kappa shape index (κ2) is 5.40. The Morgan fingerprint density at radius 3 is 2.42 bits per heavy atom. The highest BCUT2D eigenvalue weighted by molar-refractivity contribution is 5.86. The van der Waals surface area contributed by atoms with Crippen molar-refractivity contribution in [2.45, 2.75) is 31.8 Å². The molecule has 1 aliphatic carbocycles. The average molecular weight is 262 g/mol. The minimum Gasteiger partial charge on any atom is -0.480 e. The monoisotopic (exact) mass is 262 g/mol. The first-order valence-electron chi connectivity index (χ1n) is 6.33. The van der Waals surface area contributed by atoms with E-state index in [1.54, 1.807) is 0 Å². The highest BCUT2D eigenvalue weighted by atomic mass is 16.4. The van der Waals surface area contributed by atoms with Gasteiger partial charge < -0.3 is 15.7 Å². The number of carboxylic acids is 1. The zero-order chi connectivity index (χ0) is 14.0. The number of aryl methyl sites for hydroxylation is 1. The van der Waals surface area contributed by atoms with Crippen LogP contribution in [0.5, 0.6) is 0 Å². The number of nitrogens with zero attached hydrogens (tertiary/aromatic N) is 1. The Hall–Kier alpha value is -1.88. The summed E-state index contributed by atoms with van der Waals surface area (Å²) in [6.45, 7) is 1.68. The van der Waals surface area contributed by atoms with Gasteiger partial charge in [-0.2, -0.15) is 0 Å². The number of rotatable bonds is 5. The molecule has 1 amide bonds. The van der Waals surface area contributed by atoms with Crippen LogP contribution in [0.4, 0.5) is 0 Å². The third-order valence-electron chi connectivity index (χ3n) is 3.28. The van der Waals surface area contributed by atoms with Crippen LogP contribution in [0.25, 0.3) is 0 Å². The lowest BCUT2D eigenvalue weighted by Crippen LogP contribution is -2.42. The normalized spacial score (nSPS) is 15.9. The van der Waals surface area contributed by atoms with Crippen LogP contribution >= 0.6 is 0 Å². The third kappa shape index (κ3) is 3.32. The van der Waals surface area contributed by atoms with Crippen LogP contribution in [0.1, 0.15) is 30.0 Å². The summed E-state index contributed by atoms with van der Waals surface area (Å²) in [4.78, 5) is 24.5. The number of amides is 1. The summed E-state index contributed by atoms with van der Waals surface area (Å²) < 4.78 is 0. The number of nitrogens with two attached hydrogens (primary N) is 1. The molecule has 0 bridgehead atoms. The first-order chi connectivity index (χ1) is 8.99. The van der Waals surface area contributed by atoms with Crippen molar-refractivity contribution < 1.29 is 14.7 Å². The van der Waals surface area contributed by atoms with E-state index < -0.39 is 12.0 Å². The second-order valence-corrected chi connectivity index (χ2v) is 4.98. The molecule has 1 aliphatic rings. The van der Waals surface area contributed by atoms with Gasteiger partial charge >= 0.3 is 5.97 Å². The van der Waals surface area contributed by atoms with Gasteiger partial charge in [0.25, 0.3) is 0 Å². The van der Waals surface area contributed by atoms with Crippen LogP contribution in [-0.2, 0) is 9.59 Å². The molecule has 0 saturated heterocycles. The maximum Gasteiger partial charge on any atom is 0.323 e. The lowest BCUT2D eigenvalue weighted by molar-refractivity contribution is -0.145. The number of carbonyl (C=O) groups excluding carboxylic acids is 1. The molecule has 1 unspecified atom stereocenters. The van der Waals surface area contributed by atoms with Gasteiger partial charge in [-0.15, -0.1) is 0 Å². The molecule has 19 heavy (non-hydrogen) atoms. The molecule has 5 heteroatoms. The smallest absolute Gasteiger partial charge is 0.323 e. The van der Waals surface area contributed by atoms with E-state index in [0.29, 0.717) is 5.56 Å². The van der Waals surface area contributed by atoms with Crippen molar-refractivity contribution in [3.63, 3.8) is 0 Å². The van der Waals surface area contributed by atoms with E-state index in [2.05, 4.69) is 0 Å². The first kappa shape index (κ1) is 13.5. The van der Waals surface area contributed by atoms with Crippen molar-refractivity contribution in [2.24, 2.45) is 5.73 Å². The maximum atomic E-state index is 12.3. The van der Waals surface area contributed by atoms with E-state index in [9.17, 15) is 9.59 Å². The van der Waals surface area contributed by atoms with Crippen molar-refractivity contribution in [3.8, 4) is 0 Å². The van der Waals surface area contributed by atoms with Gasteiger partial charge in [-0.3, -0.25) is 9.59 Å². The molecule has 2 rings (SSSR count). The van der Waals surface area contributed by atoms with Gasteiger partial charge in [-0.1, -0.05) is 29.8 Å². The predicted octanol–water partition coefficient (Wildman–Crippen LogP) is 1.07. The molecule has 0 aromatic heterocycles. The maximum absolute atomic E-state index is 12.3. The molecule has 1 aromatic rings. The predicted molar refractivity (Wildman–Crippen MR) is 70.5 cm³/mol. The van der Waals surface area contributed by atoms with Crippen LogP contribution in [0.15, 0.2) is 24.3 Å². The fourth-order valence-electron chi connectivity index (χ4n) is 2.01. The van der Waals surface area contributed by atoms with Crippen LogP contribution in [0, 0.1) is 6.92 Å². The topological polar surface area (TPSA) is 83.6 Å². The Labute approximate surface area is 112 Å². The average Bonchev–Trinajstić information content (AvgIpc) is 3.19. The Morgan fingerprint density at radius 1 is 1.37 bits per heavy atom. The van der Waals surface area contributed by atoms with Crippen LogP contribution in [0.2, 0.25) is 0 Å². The van der Waals surface area contributed by atoms with E-state index in [4.69, 9.17) is 10.8 Å². The SMILES string of the molecule is Cc1ccc(C(N)C(=O)N(CC(=O)O)C2CC2)cc1. The molecule has 1 aromatic carbocycles. The minimum absolute atomic E-state index is 0.0418. The first-order valence-corrected chi connectivity index (χ1v) is 6.33. The van der Waals surface area contributed by atoms with Gasteiger partial charge in [0.1, 0.15) is 12.6 Å². The lowest BCUT2D eigenvalue weighted by Gasteiger charge is -2.24. The number of aliphatic carboxylic acids is 1. The van der Waals surface area contributed by atoms with Crippen LogP contribution in [-0.4, -0.2) is 34.5 Å². The zero-order valence-electron chi connectivity index (χ0n) is 10.9. The quantitative estimate of drug-likeness (QED) is 0.831. The molecule has 0 heterocycles. The summed E-state index contributed by atoms with van der Waals surface area (Å²) >= 11 is 0. The van der Waals surface area contributed by atoms with Gasteiger partial charge in [-0.25, -0.2) is 0 Å². The van der Waals surface area contributed by atoms with Crippen molar-refractivity contribution in [2.75, 3.05) is 6.54 Å². The van der Waals surface area contributed by atoms with Gasteiger partial charge in [0.2, 0.25) is 5.91 Å². The molecule has 0 radical (unpaired) electrons. The van der Waals surface area contributed by atoms with E-state index in [0.717, 1.165) is 18.4 Å². The fourth-order valence-corrected chi connectivity index (χ4v) is 2.01. The van der Waals surface area contributed by atoms with Gasteiger partial charge in [0.05, 0.1) is 0 Å². The lowest BCUT2D eigenvalue weighted by atomic mass is 10.0. The summed E-state index contributed by atoms with van der Waals surface area (Å²) in [6.07, 6.45) is 1.72. The Morgan fingerprint density at radius 2 is 1.95 bits per heavy atom. The molecule has 0 aliphatic heterocycles. The Balaban J connectivity index is 2.12. The molecule has 1 saturated carbocycles. The highest BCUT2D eigenvalue weighted by Gasteiger charge is 2.36. The second-order valence-electron chi connectivity index (χ2n) is 4.98. The molecular weight excluding hydrogens is 244 g/mol. The number of carbonyl (C=O) groups is 2. The van der Waals surface area contributed by atoms with E-state index >= 15 is 0 Å². The molecular formula is C14H18N2O3. The van der Waals surface area contributed by atoms with Gasteiger partial charge in [0, 0.05) is 6.04 Å². The van der Waals surface area contributed by atoms with Crippen LogP contribution < -0.4 is 5.73 Å². The number of hydrogen-bond acceptors (Lipinski definition) is 3. The van der Waals surface area contributed by atoms with Crippen molar-refractivity contribution >= 4 is 11.9 Å². The molecule has 1 atom stereocenters. The molecule has 3 N–H and O–H groups in total. The standard InChI is InChI=1S/C14H18N2O3/c1-9-2-4-10(5-3-9)13(15)14(19)16(8-12(17)18)11-6-7-11/h2-5,11,13H,6-8,15H2,1H3,(H,17,18). The number of benzene rings is 1. The summed E-state index contributed by atoms with van der Waals surface area (Å²) in [5, 5.41) is 8.86. The Kier molecular flexibility index (Phi) is 3.85. The van der Waals surface area contributed by atoms with Gasteiger partial charge in [-0.05, 0) is 25.3 Å². The van der Waals surface area contributed by atoms with Gasteiger partial charge in [0.15, 0.2) is 0 Å². The zero-order valence-corrected chi connectivity index (χ0v) is 10.9. The fraction of sp³-hybridized carbons (Fsp3) is 0.429. The van der Waals surface area contributed by atoms with Crippen molar-refractivity contribution in [3.05, 3.63) is 35.4 Å². The minimum atomic E-state index is -1.00. The number of carboxylic acid groups (broad SMARTS) is 1. The Bertz CT molecular complexity index is 480.